The van der Waals surface area contributed by atoms with Crippen LogP contribution in [0.1, 0.15) is 22.3 Å². The number of hydrogen-bond donors (Lipinski definition) is 0. The van der Waals surface area contributed by atoms with E-state index in [1.165, 1.54) is 24.3 Å². The van der Waals surface area contributed by atoms with E-state index in [0.29, 0.717) is 5.56 Å². The van der Waals surface area contributed by atoms with Gasteiger partial charge in [-0.1, -0.05) is 121 Å². The maximum atomic E-state index is 12.3. The molecule has 0 aliphatic heterocycles. The first-order valence-electron chi connectivity index (χ1n) is 10.8. The Hall–Kier alpha value is -1.82. The van der Waals surface area contributed by atoms with Gasteiger partial charge in [-0.25, -0.2) is 16.8 Å². The minimum Gasteiger partial charge on any atom is -0.744 e. The van der Waals surface area contributed by atoms with Gasteiger partial charge >= 0.3 is 59.1 Å². The van der Waals surface area contributed by atoms with Crippen molar-refractivity contribution >= 4 is 44.5 Å². The van der Waals surface area contributed by atoms with Crippen molar-refractivity contribution in [2.45, 2.75) is 9.79 Å². The average Bonchev–Trinajstić information content (AvgIpc) is 2.86. The molecule has 4 aromatic carbocycles. The summed E-state index contributed by atoms with van der Waals surface area (Å²) in [7, 11) is -10.7. The Kier molecular flexibility index (Phi) is 11.9. The monoisotopic (exact) mass is 562 g/mol. The molecule has 182 valence electrons. The van der Waals surface area contributed by atoms with Crippen molar-refractivity contribution in [2.75, 3.05) is 0 Å². The van der Waals surface area contributed by atoms with Crippen LogP contribution in [0.2, 0.25) is 0 Å². The van der Waals surface area contributed by atoms with Gasteiger partial charge in [-0.2, -0.15) is 0 Å². The second-order valence-corrected chi connectivity index (χ2v) is 10.5. The van der Waals surface area contributed by atoms with Gasteiger partial charge in [0.05, 0.1) is 9.79 Å². The predicted molar refractivity (Wildman–Crippen MR) is 139 cm³/mol. The molecule has 0 unspecified atom stereocenters. The van der Waals surface area contributed by atoms with Gasteiger partial charge < -0.3 is 9.11 Å². The molecule has 4 aromatic rings. The summed E-state index contributed by atoms with van der Waals surface area (Å²) in [4.78, 5) is -2.12. The molecule has 0 amide bonds. The molecule has 0 saturated carbocycles. The van der Waals surface area contributed by atoms with E-state index >= 15 is 0 Å². The minimum absolute atomic E-state index is 0. The van der Waals surface area contributed by atoms with E-state index in [2.05, 4.69) is 0 Å². The molecular weight excluding hydrogens is 542 g/mol. The minimum atomic E-state index is -5.33. The van der Waals surface area contributed by atoms with E-state index in [-0.39, 0.29) is 75.8 Å². The fourth-order valence-electron chi connectivity index (χ4n) is 3.72. The Bertz CT molecular complexity index is 1650. The fraction of sp³-hybridized carbons (Fsp3) is 0. The second-order valence-electron chi connectivity index (χ2n) is 7.88. The van der Waals surface area contributed by atoms with E-state index in [1.54, 1.807) is 54.6 Å². The van der Waals surface area contributed by atoms with Gasteiger partial charge in [-0.3, -0.25) is 0 Å². The van der Waals surface area contributed by atoms with Crippen LogP contribution in [-0.2, 0) is 20.2 Å². The molecule has 0 fully saturated rings. The van der Waals surface area contributed by atoms with Crippen molar-refractivity contribution in [3.8, 4) is 11.1 Å². The molecule has 0 heterocycles. The van der Waals surface area contributed by atoms with Crippen LogP contribution >= 0.6 is 0 Å². The summed E-state index contributed by atoms with van der Waals surface area (Å²) in [5.74, 6) is 0. The molecule has 0 spiro atoms. The summed E-state index contributed by atoms with van der Waals surface area (Å²) < 4.78 is 73.3. The van der Waals surface area contributed by atoms with Crippen molar-refractivity contribution in [1.29, 1.82) is 0 Å². The summed E-state index contributed by atoms with van der Waals surface area (Å²) in [5, 5.41) is 0. The summed E-state index contributed by atoms with van der Waals surface area (Å²) >= 11 is 0. The van der Waals surface area contributed by atoms with Crippen LogP contribution in [0.15, 0.2) is 107 Å². The molecule has 10 heteroatoms. The van der Waals surface area contributed by atoms with Crippen molar-refractivity contribution in [3.05, 3.63) is 119 Å². The smallest absolute Gasteiger partial charge is 0.744 e. The molecule has 0 aromatic heterocycles. The second kappa shape index (κ2) is 14.0. The molecule has 4 rings (SSSR count). The molecule has 0 aliphatic carbocycles. The van der Waals surface area contributed by atoms with E-state index in [1.807, 2.05) is 42.5 Å². The Balaban J connectivity index is 0.00000253. The van der Waals surface area contributed by atoms with Crippen LogP contribution in [-0.4, -0.2) is 25.9 Å². The third-order valence-electron chi connectivity index (χ3n) is 5.39. The van der Waals surface area contributed by atoms with Gasteiger partial charge in [-0.05, 0) is 27.8 Å². The first kappa shape index (κ1) is 32.4. The molecule has 0 saturated heterocycles. The van der Waals surface area contributed by atoms with E-state index < -0.39 is 30.0 Å². The molecule has 0 N–H and O–H groups in total. The summed E-state index contributed by atoms with van der Waals surface area (Å²) in [6, 6.07) is 27.6. The van der Waals surface area contributed by atoms with Crippen LogP contribution < -0.4 is 59.1 Å². The molecular formula is C28H20Na2O6S2. The Morgan fingerprint density at radius 1 is 0.474 bits per heavy atom. The van der Waals surface area contributed by atoms with Crippen molar-refractivity contribution in [3.63, 3.8) is 0 Å². The number of benzene rings is 4. The Morgan fingerprint density at radius 2 is 0.895 bits per heavy atom. The number of hydrogen-bond acceptors (Lipinski definition) is 6. The third kappa shape index (κ3) is 8.34. The SMILES string of the molecule is O=S(=O)([O-])c1c(C=Cc2ccccc2)ccc(-c2ccc(C=Cc3ccccc3)cc2)c1S(=O)(=O)[O-].[Na+].[Na+]. The third-order valence-corrected chi connectivity index (χ3v) is 7.38. The predicted octanol–water partition coefficient (Wildman–Crippen LogP) is -0.489. The number of rotatable bonds is 7. The molecule has 38 heavy (non-hydrogen) atoms. The zero-order chi connectivity index (χ0) is 25.8. The first-order chi connectivity index (χ1) is 17.1. The summed E-state index contributed by atoms with van der Waals surface area (Å²) in [5.41, 5.74) is 2.43. The maximum Gasteiger partial charge on any atom is 1.00 e. The normalized spacial score (nSPS) is 11.7. The maximum absolute atomic E-state index is 12.3. The van der Waals surface area contributed by atoms with E-state index in [0.717, 1.165) is 11.1 Å². The van der Waals surface area contributed by atoms with Gasteiger partial charge in [0.2, 0.25) is 0 Å². The Morgan fingerprint density at radius 3 is 1.34 bits per heavy atom. The van der Waals surface area contributed by atoms with Crippen LogP contribution in [0, 0.1) is 0 Å². The molecule has 0 atom stereocenters. The van der Waals surface area contributed by atoms with E-state index in [4.69, 9.17) is 0 Å². The standard InChI is InChI=1S/C28H22O6S2.2Na/c29-35(30,31)27-25(18-15-22-9-5-2-6-10-22)19-20-26(28(27)36(32,33)34)24-16-13-23(14-17-24)12-11-21-7-3-1-4-8-21;;/h1-20H,(H,29,30,31)(H,32,33,34);;/q;2*+1/p-2. The average molecular weight is 563 g/mol. The zero-order valence-corrected chi connectivity index (χ0v) is 26.4. The largest absolute Gasteiger partial charge is 1.00 e. The zero-order valence-electron chi connectivity index (χ0n) is 20.8. The van der Waals surface area contributed by atoms with Crippen molar-refractivity contribution < 1.29 is 85.1 Å². The van der Waals surface area contributed by atoms with Gasteiger partial charge in [0.1, 0.15) is 20.2 Å². The van der Waals surface area contributed by atoms with Gasteiger partial charge in [0.25, 0.3) is 0 Å². The summed E-state index contributed by atoms with van der Waals surface area (Å²) in [6.45, 7) is 0. The molecule has 0 bridgehead atoms. The fourth-order valence-corrected chi connectivity index (χ4v) is 5.90. The molecule has 0 radical (unpaired) electrons. The van der Waals surface area contributed by atoms with Gasteiger partial charge in [0, 0.05) is 5.56 Å². The van der Waals surface area contributed by atoms with Crippen LogP contribution in [0.5, 0.6) is 0 Å². The Labute approximate surface area is 267 Å². The van der Waals surface area contributed by atoms with Crippen molar-refractivity contribution in [2.24, 2.45) is 0 Å². The van der Waals surface area contributed by atoms with E-state index in [9.17, 15) is 25.9 Å². The van der Waals surface area contributed by atoms with Crippen LogP contribution in [0.3, 0.4) is 0 Å². The molecule has 0 aliphatic rings. The van der Waals surface area contributed by atoms with Gasteiger partial charge in [-0.15, -0.1) is 0 Å². The molecule has 6 nitrogen and oxygen atoms in total. The van der Waals surface area contributed by atoms with Crippen molar-refractivity contribution in [1.82, 2.24) is 0 Å². The quantitative estimate of drug-likeness (QED) is 0.171. The topological polar surface area (TPSA) is 114 Å². The first-order valence-corrected chi connectivity index (χ1v) is 13.6. The van der Waals surface area contributed by atoms with Crippen LogP contribution in [0.25, 0.3) is 35.4 Å². The van der Waals surface area contributed by atoms with Gasteiger partial charge in [0.15, 0.2) is 0 Å². The summed E-state index contributed by atoms with van der Waals surface area (Å²) in [6.07, 6.45) is 6.59. The van der Waals surface area contributed by atoms with Crippen LogP contribution in [0.4, 0.5) is 0 Å².